The summed E-state index contributed by atoms with van der Waals surface area (Å²) in [5.41, 5.74) is 2.25. The summed E-state index contributed by atoms with van der Waals surface area (Å²) >= 11 is 0. The smallest absolute Gasteiger partial charge is 0.240 e. The fraction of sp³-hybridized carbons (Fsp3) is 0.353. The third kappa shape index (κ3) is 4.64. The van der Waals surface area contributed by atoms with Crippen molar-refractivity contribution in [3.05, 3.63) is 59.9 Å². The largest absolute Gasteiger partial charge is 0.264 e. The average molecular weight is 318 g/mol. The number of hydrogen-bond donors (Lipinski definition) is 1. The van der Waals surface area contributed by atoms with E-state index in [1.54, 1.807) is 24.5 Å². The zero-order chi connectivity index (χ0) is 16.0. The molecular weight excluding hydrogens is 296 g/mol. The normalized spacial score (nSPS) is 11.8. The molecule has 0 atom stereocenters. The van der Waals surface area contributed by atoms with Gasteiger partial charge in [0.25, 0.3) is 0 Å². The summed E-state index contributed by atoms with van der Waals surface area (Å²) in [5, 5.41) is 0. The van der Waals surface area contributed by atoms with Crippen molar-refractivity contribution in [3.63, 3.8) is 0 Å². The van der Waals surface area contributed by atoms with Crippen molar-refractivity contribution in [1.29, 1.82) is 0 Å². The van der Waals surface area contributed by atoms with Crippen molar-refractivity contribution in [2.45, 2.75) is 37.5 Å². The quantitative estimate of drug-likeness (QED) is 0.798. The molecule has 5 heteroatoms. The molecule has 1 aromatic carbocycles. The minimum absolute atomic E-state index is 0.318. The van der Waals surface area contributed by atoms with Gasteiger partial charge >= 0.3 is 0 Å². The first-order valence-corrected chi connectivity index (χ1v) is 8.96. The van der Waals surface area contributed by atoms with Crippen molar-refractivity contribution >= 4 is 10.0 Å². The van der Waals surface area contributed by atoms with Crippen LogP contribution in [0.4, 0.5) is 0 Å². The third-order valence-corrected chi connectivity index (χ3v) is 4.99. The maximum atomic E-state index is 12.2. The molecule has 2 aromatic rings. The predicted molar refractivity (Wildman–Crippen MR) is 88.3 cm³/mol. The standard InChI is InChI=1S/C17H22N2O2S/c1-14(2)16-7-9-17(10-8-16)22(20,21)19-12-4-6-15-5-3-11-18-13-15/h3,5,7-11,13-14,19H,4,6,12H2,1-2H3. The molecule has 1 aromatic heterocycles. The number of nitrogens with zero attached hydrogens (tertiary/aromatic N) is 1. The Morgan fingerprint density at radius 1 is 1.14 bits per heavy atom. The molecule has 0 aliphatic heterocycles. The lowest BCUT2D eigenvalue weighted by molar-refractivity contribution is 0.579. The number of hydrogen-bond acceptors (Lipinski definition) is 3. The summed E-state index contributed by atoms with van der Waals surface area (Å²) in [6.07, 6.45) is 5.09. The molecular formula is C17H22N2O2S. The van der Waals surface area contributed by atoms with Crippen LogP contribution in [0.5, 0.6) is 0 Å². The SMILES string of the molecule is CC(C)c1ccc(S(=O)(=O)NCCCc2cccnc2)cc1. The topological polar surface area (TPSA) is 59.1 Å². The number of benzene rings is 1. The van der Waals surface area contributed by atoms with E-state index in [0.29, 0.717) is 17.4 Å². The molecule has 0 saturated heterocycles. The van der Waals surface area contributed by atoms with E-state index >= 15 is 0 Å². The van der Waals surface area contributed by atoms with Gasteiger partial charge in [0.2, 0.25) is 10.0 Å². The van der Waals surface area contributed by atoms with Gasteiger partial charge in [-0.25, -0.2) is 13.1 Å². The Hall–Kier alpha value is -1.72. The van der Waals surface area contributed by atoms with Crippen molar-refractivity contribution in [2.75, 3.05) is 6.54 Å². The van der Waals surface area contributed by atoms with Crippen LogP contribution in [0.2, 0.25) is 0 Å². The van der Waals surface area contributed by atoms with Crippen LogP contribution in [0.3, 0.4) is 0 Å². The monoisotopic (exact) mass is 318 g/mol. The van der Waals surface area contributed by atoms with Gasteiger partial charge in [-0.2, -0.15) is 0 Å². The van der Waals surface area contributed by atoms with Gasteiger partial charge in [0.1, 0.15) is 0 Å². The van der Waals surface area contributed by atoms with Crippen molar-refractivity contribution in [3.8, 4) is 0 Å². The van der Waals surface area contributed by atoms with E-state index in [-0.39, 0.29) is 0 Å². The van der Waals surface area contributed by atoms with Gasteiger partial charge in [0.05, 0.1) is 4.90 Å². The molecule has 22 heavy (non-hydrogen) atoms. The van der Waals surface area contributed by atoms with Gasteiger partial charge in [-0.15, -0.1) is 0 Å². The Morgan fingerprint density at radius 2 is 1.86 bits per heavy atom. The van der Waals surface area contributed by atoms with Crippen LogP contribution < -0.4 is 4.72 Å². The zero-order valence-electron chi connectivity index (χ0n) is 13.0. The molecule has 0 spiro atoms. The summed E-state index contributed by atoms with van der Waals surface area (Å²) in [6.45, 7) is 4.59. The zero-order valence-corrected chi connectivity index (χ0v) is 13.8. The van der Waals surface area contributed by atoms with Gasteiger partial charge in [0, 0.05) is 18.9 Å². The van der Waals surface area contributed by atoms with Gasteiger partial charge in [-0.3, -0.25) is 4.98 Å². The van der Waals surface area contributed by atoms with Crippen LogP contribution in [-0.2, 0) is 16.4 Å². The number of aromatic nitrogens is 1. The first kappa shape index (κ1) is 16.6. The molecule has 0 fully saturated rings. The van der Waals surface area contributed by atoms with E-state index in [0.717, 1.165) is 24.0 Å². The summed E-state index contributed by atoms with van der Waals surface area (Å²) in [5.74, 6) is 0.393. The minimum Gasteiger partial charge on any atom is -0.264 e. The molecule has 0 aliphatic rings. The van der Waals surface area contributed by atoms with E-state index in [1.807, 2.05) is 24.3 Å². The Kier molecular flexibility index (Phi) is 5.69. The molecule has 1 N–H and O–H groups in total. The second kappa shape index (κ2) is 7.51. The highest BCUT2D eigenvalue weighted by Gasteiger charge is 2.13. The molecule has 0 saturated carbocycles. The highest BCUT2D eigenvalue weighted by atomic mass is 32.2. The first-order chi connectivity index (χ1) is 10.5. The highest BCUT2D eigenvalue weighted by molar-refractivity contribution is 7.89. The van der Waals surface area contributed by atoms with Crippen LogP contribution >= 0.6 is 0 Å². The van der Waals surface area contributed by atoms with E-state index in [2.05, 4.69) is 23.6 Å². The molecule has 4 nitrogen and oxygen atoms in total. The fourth-order valence-corrected chi connectivity index (χ4v) is 3.23. The number of rotatable bonds is 7. The second-order valence-corrected chi connectivity index (χ2v) is 7.35. The van der Waals surface area contributed by atoms with E-state index in [1.165, 1.54) is 0 Å². The number of sulfonamides is 1. The number of pyridine rings is 1. The van der Waals surface area contributed by atoms with E-state index in [9.17, 15) is 8.42 Å². The van der Waals surface area contributed by atoms with E-state index in [4.69, 9.17) is 0 Å². The van der Waals surface area contributed by atoms with Crippen molar-refractivity contribution in [2.24, 2.45) is 0 Å². The van der Waals surface area contributed by atoms with Gasteiger partial charge in [0.15, 0.2) is 0 Å². The van der Waals surface area contributed by atoms with Crippen LogP contribution in [0.15, 0.2) is 53.7 Å². The Bertz CT molecular complexity index is 680. The Morgan fingerprint density at radius 3 is 2.45 bits per heavy atom. The minimum atomic E-state index is -3.42. The molecule has 1 heterocycles. The molecule has 0 unspecified atom stereocenters. The Balaban J connectivity index is 1.88. The summed E-state index contributed by atoms with van der Waals surface area (Å²) < 4.78 is 27.0. The molecule has 118 valence electrons. The van der Waals surface area contributed by atoms with Gasteiger partial charge in [-0.1, -0.05) is 32.0 Å². The average Bonchev–Trinajstić information content (AvgIpc) is 2.53. The molecule has 0 bridgehead atoms. The lowest BCUT2D eigenvalue weighted by Gasteiger charge is -2.09. The predicted octanol–water partition coefficient (Wildman–Crippen LogP) is 3.12. The second-order valence-electron chi connectivity index (χ2n) is 5.59. The molecule has 0 amide bonds. The number of aryl methyl sites for hydroxylation is 1. The fourth-order valence-electron chi connectivity index (χ4n) is 2.16. The van der Waals surface area contributed by atoms with Crippen molar-refractivity contribution < 1.29 is 8.42 Å². The summed E-state index contributed by atoms with van der Waals surface area (Å²) in [4.78, 5) is 4.36. The maximum absolute atomic E-state index is 12.2. The van der Waals surface area contributed by atoms with Gasteiger partial charge in [-0.05, 0) is 48.1 Å². The molecule has 0 aliphatic carbocycles. The highest BCUT2D eigenvalue weighted by Crippen LogP contribution is 2.17. The summed E-state index contributed by atoms with van der Waals surface area (Å²) in [7, 11) is -3.42. The first-order valence-electron chi connectivity index (χ1n) is 7.47. The Labute approximate surface area is 132 Å². The van der Waals surface area contributed by atoms with Crippen LogP contribution in [-0.4, -0.2) is 19.9 Å². The van der Waals surface area contributed by atoms with Crippen LogP contribution in [0.25, 0.3) is 0 Å². The lowest BCUT2D eigenvalue weighted by atomic mass is 10.0. The van der Waals surface area contributed by atoms with Crippen LogP contribution in [0, 0.1) is 0 Å². The summed E-state index contributed by atoms with van der Waals surface area (Å²) in [6, 6.07) is 10.9. The number of nitrogens with one attached hydrogen (secondary N) is 1. The lowest BCUT2D eigenvalue weighted by Crippen LogP contribution is -2.25. The van der Waals surface area contributed by atoms with Crippen molar-refractivity contribution in [1.82, 2.24) is 9.71 Å². The van der Waals surface area contributed by atoms with E-state index < -0.39 is 10.0 Å². The molecule has 2 rings (SSSR count). The maximum Gasteiger partial charge on any atom is 0.240 e. The molecule has 0 radical (unpaired) electrons. The third-order valence-electron chi connectivity index (χ3n) is 3.51. The van der Waals surface area contributed by atoms with Gasteiger partial charge < -0.3 is 0 Å². The van der Waals surface area contributed by atoms with Crippen LogP contribution in [0.1, 0.15) is 37.3 Å².